The van der Waals surface area contributed by atoms with E-state index in [0.717, 1.165) is 34.2 Å². The highest BCUT2D eigenvalue weighted by molar-refractivity contribution is 9.10. The van der Waals surface area contributed by atoms with Crippen molar-refractivity contribution in [2.75, 3.05) is 6.61 Å². The van der Waals surface area contributed by atoms with Crippen LogP contribution in [-0.4, -0.2) is 11.7 Å². The number of rotatable bonds is 0. The van der Waals surface area contributed by atoms with Crippen LogP contribution >= 0.6 is 15.9 Å². The van der Waals surface area contributed by atoms with Crippen LogP contribution in [0.5, 0.6) is 5.75 Å². The Morgan fingerprint density at radius 1 is 1.50 bits per heavy atom. The van der Waals surface area contributed by atoms with Crippen molar-refractivity contribution in [3.05, 3.63) is 27.7 Å². The Hall–Kier alpha value is -0.540. The SMILES string of the molecule is Cc1cc(Br)cc2c1OCCC[C@@H]2O. The number of aryl methyl sites for hydroxylation is 1. The minimum Gasteiger partial charge on any atom is -0.493 e. The lowest BCUT2D eigenvalue weighted by molar-refractivity contribution is 0.167. The van der Waals surface area contributed by atoms with E-state index in [9.17, 15) is 5.11 Å². The summed E-state index contributed by atoms with van der Waals surface area (Å²) in [5, 5.41) is 9.89. The average Bonchev–Trinajstić information content (AvgIpc) is 2.29. The summed E-state index contributed by atoms with van der Waals surface area (Å²) in [6.07, 6.45) is 1.30. The molecular formula is C11H13BrO2. The molecule has 14 heavy (non-hydrogen) atoms. The fraction of sp³-hybridized carbons (Fsp3) is 0.455. The van der Waals surface area contributed by atoms with E-state index in [1.54, 1.807) is 0 Å². The monoisotopic (exact) mass is 256 g/mol. The quantitative estimate of drug-likeness (QED) is 0.774. The maximum Gasteiger partial charge on any atom is 0.128 e. The molecule has 0 saturated heterocycles. The lowest BCUT2D eigenvalue weighted by Crippen LogP contribution is -1.98. The Morgan fingerprint density at radius 2 is 2.29 bits per heavy atom. The van der Waals surface area contributed by atoms with Crippen LogP contribution in [0.1, 0.15) is 30.1 Å². The molecule has 0 aliphatic carbocycles. The van der Waals surface area contributed by atoms with Crippen molar-refractivity contribution < 1.29 is 9.84 Å². The summed E-state index contributed by atoms with van der Waals surface area (Å²) in [6.45, 7) is 2.70. The van der Waals surface area contributed by atoms with Crippen LogP contribution < -0.4 is 4.74 Å². The lowest BCUT2D eigenvalue weighted by Gasteiger charge is -2.13. The van der Waals surface area contributed by atoms with Crippen LogP contribution in [0.15, 0.2) is 16.6 Å². The third-order valence-corrected chi connectivity index (χ3v) is 2.95. The summed E-state index contributed by atoms with van der Waals surface area (Å²) in [6, 6.07) is 3.95. The molecule has 1 aliphatic rings. The Morgan fingerprint density at radius 3 is 3.07 bits per heavy atom. The number of aliphatic hydroxyl groups is 1. The molecule has 1 aromatic rings. The van der Waals surface area contributed by atoms with Gasteiger partial charge in [0.15, 0.2) is 0 Å². The summed E-state index contributed by atoms with van der Waals surface area (Å²) in [7, 11) is 0. The first-order chi connectivity index (χ1) is 6.68. The molecule has 0 spiro atoms. The van der Waals surface area contributed by atoms with Gasteiger partial charge in [0.1, 0.15) is 5.75 Å². The molecule has 0 fully saturated rings. The number of aliphatic hydroxyl groups excluding tert-OH is 1. The molecule has 0 saturated carbocycles. The summed E-state index contributed by atoms with van der Waals surface area (Å²) in [5.41, 5.74) is 1.99. The van der Waals surface area contributed by atoms with Crippen molar-refractivity contribution in [3.8, 4) is 5.75 Å². The van der Waals surface area contributed by atoms with E-state index in [4.69, 9.17) is 4.74 Å². The number of hydrogen-bond acceptors (Lipinski definition) is 2. The van der Waals surface area contributed by atoms with Gasteiger partial charge in [0.2, 0.25) is 0 Å². The maximum absolute atomic E-state index is 9.89. The second-order valence-electron chi connectivity index (χ2n) is 3.65. The van der Waals surface area contributed by atoms with E-state index in [1.807, 2.05) is 19.1 Å². The number of benzene rings is 1. The van der Waals surface area contributed by atoms with E-state index in [2.05, 4.69) is 15.9 Å². The van der Waals surface area contributed by atoms with Gasteiger partial charge in [-0.05, 0) is 37.5 Å². The Bertz CT molecular complexity index is 349. The molecule has 2 nitrogen and oxygen atoms in total. The van der Waals surface area contributed by atoms with Crippen molar-refractivity contribution in [1.82, 2.24) is 0 Å². The highest BCUT2D eigenvalue weighted by atomic mass is 79.9. The molecule has 1 aliphatic heterocycles. The lowest BCUT2D eigenvalue weighted by atomic mass is 10.0. The topological polar surface area (TPSA) is 29.5 Å². The largest absolute Gasteiger partial charge is 0.493 e. The first-order valence-electron chi connectivity index (χ1n) is 4.79. The number of halogens is 1. The molecule has 1 N–H and O–H groups in total. The highest BCUT2D eigenvalue weighted by Crippen LogP contribution is 2.36. The van der Waals surface area contributed by atoms with E-state index in [0.29, 0.717) is 6.61 Å². The molecular weight excluding hydrogens is 244 g/mol. The first kappa shape index (κ1) is 9.99. The minimum absolute atomic E-state index is 0.385. The van der Waals surface area contributed by atoms with Gasteiger partial charge in [-0.15, -0.1) is 0 Å². The van der Waals surface area contributed by atoms with Crippen molar-refractivity contribution in [2.24, 2.45) is 0 Å². The number of fused-ring (bicyclic) bond motifs is 1. The van der Waals surface area contributed by atoms with E-state index in [-0.39, 0.29) is 6.10 Å². The van der Waals surface area contributed by atoms with E-state index >= 15 is 0 Å². The summed E-state index contributed by atoms with van der Waals surface area (Å²) >= 11 is 3.43. The molecule has 0 unspecified atom stereocenters. The van der Waals surface area contributed by atoms with Crippen LogP contribution in [-0.2, 0) is 0 Å². The van der Waals surface area contributed by atoms with E-state index < -0.39 is 0 Å². The van der Waals surface area contributed by atoms with Gasteiger partial charge in [-0.25, -0.2) is 0 Å². The molecule has 76 valence electrons. The zero-order chi connectivity index (χ0) is 10.1. The summed E-state index contributed by atoms with van der Waals surface area (Å²) < 4.78 is 6.62. The normalized spacial score (nSPS) is 20.9. The highest BCUT2D eigenvalue weighted by Gasteiger charge is 2.19. The minimum atomic E-state index is -0.385. The Balaban J connectivity index is 2.53. The van der Waals surface area contributed by atoms with Crippen LogP contribution in [0.2, 0.25) is 0 Å². The van der Waals surface area contributed by atoms with Crippen LogP contribution in [0.25, 0.3) is 0 Å². The van der Waals surface area contributed by atoms with Gasteiger partial charge < -0.3 is 9.84 Å². The molecule has 1 heterocycles. The Labute approximate surface area is 92.0 Å². The van der Waals surface area contributed by atoms with Gasteiger partial charge in [0.05, 0.1) is 12.7 Å². The molecule has 0 bridgehead atoms. The van der Waals surface area contributed by atoms with Crippen molar-refractivity contribution in [2.45, 2.75) is 25.9 Å². The third kappa shape index (κ3) is 1.79. The number of ether oxygens (including phenoxy) is 1. The second-order valence-corrected chi connectivity index (χ2v) is 4.56. The molecule has 0 radical (unpaired) electrons. The van der Waals surface area contributed by atoms with Gasteiger partial charge in [-0.2, -0.15) is 0 Å². The van der Waals surface area contributed by atoms with Gasteiger partial charge in [0, 0.05) is 10.0 Å². The average molecular weight is 257 g/mol. The summed E-state index contributed by atoms with van der Waals surface area (Å²) in [5.74, 6) is 0.859. The first-order valence-corrected chi connectivity index (χ1v) is 5.58. The van der Waals surface area contributed by atoms with Gasteiger partial charge in [-0.3, -0.25) is 0 Å². The fourth-order valence-corrected chi connectivity index (χ4v) is 2.40. The van der Waals surface area contributed by atoms with Gasteiger partial charge in [-0.1, -0.05) is 15.9 Å². The standard InChI is InChI=1S/C11H13BrO2/c1-7-5-8(12)6-9-10(13)3-2-4-14-11(7)9/h5-6,10,13H,2-4H2,1H3/t10-/m0/s1. The molecule has 1 aromatic carbocycles. The van der Waals surface area contributed by atoms with Crippen LogP contribution in [0.3, 0.4) is 0 Å². The third-order valence-electron chi connectivity index (χ3n) is 2.50. The predicted octanol–water partition coefficient (Wildman–Crippen LogP) is 2.96. The number of hydrogen-bond donors (Lipinski definition) is 1. The van der Waals surface area contributed by atoms with Gasteiger partial charge >= 0.3 is 0 Å². The van der Waals surface area contributed by atoms with Crippen molar-refractivity contribution in [3.63, 3.8) is 0 Å². The molecule has 3 heteroatoms. The zero-order valence-corrected chi connectivity index (χ0v) is 9.67. The summed E-state index contributed by atoms with van der Waals surface area (Å²) in [4.78, 5) is 0. The maximum atomic E-state index is 9.89. The van der Waals surface area contributed by atoms with E-state index in [1.165, 1.54) is 0 Å². The molecule has 2 rings (SSSR count). The van der Waals surface area contributed by atoms with Crippen LogP contribution in [0, 0.1) is 6.92 Å². The van der Waals surface area contributed by atoms with Gasteiger partial charge in [0.25, 0.3) is 0 Å². The smallest absolute Gasteiger partial charge is 0.128 e. The second kappa shape index (κ2) is 3.91. The zero-order valence-electron chi connectivity index (χ0n) is 8.09. The van der Waals surface area contributed by atoms with Crippen molar-refractivity contribution in [1.29, 1.82) is 0 Å². The predicted molar refractivity (Wildman–Crippen MR) is 58.6 cm³/mol. The Kier molecular flexibility index (Phi) is 2.79. The molecule has 0 amide bonds. The van der Waals surface area contributed by atoms with Crippen LogP contribution in [0.4, 0.5) is 0 Å². The molecule has 1 atom stereocenters. The van der Waals surface area contributed by atoms with Crippen molar-refractivity contribution >= 4 is 15.9 Å². The fourth-order valence-electron chi connectivity index (χ4n) is 1.81. The molecule has 0 aromatic heterocycles.